The van der Waals surface area contributed by atoms with Crippen molar-refractivity contribution in [2.24, 2.45) is 10.8 Å². The van der Waals surface area contributed by atoms with Crippen molar-refractivity contribution in [3.8, 4) is 11.5 Å². The van der Waals surface area contributed by atoms with Gasteiger partial charge in [0.05, 0.1) is 13.2 Å². The van der Waals surface area contributed by atoms with Gasteiger partial charge in [-0.2, -0.15) is 0 Å². The summed E-state index contributed by atoms with van der Waals surface area (Å²) in [5.74, 6) is 1.85. The van der Waals surface area contributed by atoms with E-state index >= 15 is 0 Å². The third-order valence-corrected chi connectivity index (χ3v) is 8.21. The predicted octanol–water partition coefficient (Wildman–Crippen LogP) is 5.00. The molecule has 2 aromatic rings. The van der Waals surface area contributed by atoms with Crippen LogP contribution in [0.3, 0.4) is 0 Å². The smallest absolute Gasteiger partial charge is 0.123 e. The standard InChI is InChI=1S/C28H36O4/c1-25-15-26(2)18-27(16-25,21-7-3-5-9-23(21)31-13-11-29)20-28(17-25,19-26)22-8-4-6-10-24(22)32-14-12-30/h3-10,29-30H,11-20H2,1-2H3. The Labute approximate surface area is 191 Å². The number of hydrogen-bond donors (Lipinski definition) is 2. The van der Waals surface area contributed by atoms with Gasteiger partial charge in [0.25, 0.3) is 0 Å². The van der Waals surface area contributed by atoms with Gasteiger partial charge in [-0.25, -0.2) is 0 Å². The minimum absolute atomic E-state index is 0.0241. The summed E-state index contributed by atoms with van der Waals surface area (Å²) in [5, 5.41) is 18.7. The van der Waals surface area contributed by atoms with Gasteiger partial charge in [-0.3, -0.25) is 0 Å². The normalized spacial score (nSPS) is 35.1. The fourth-order valence-corrected chi connectivity index (χ4v) is 8.64. The maximum Gasteiger partial charge on any atom is 0.123 e. The highest BCUT2D eigenvalue weighted by molar-refractivity contribution is 5.48. The second-order valence-electron chi connectivity index (χ2n) is 11.4. The zero-order valence-electron chi connectivity index (χ0n) is 19.4. The average molecular weight is 437 g/mol. The van der Waals surface area contributed by atoms with E-state index in [2.05, 4.69) is 50.2 Å². The molecule has 0 spiro atoms. The first-order valence-electron chi connectivity index (χ1n) is 12.0. The lowest BCUT2D eigenvalue weighted by Gasteiger charge is -2.70. The Morgan fingerprint density at radius 1 is 0.625 bits per heavy atom. The van der Waals surface area contributed by atoms with E-state index in [9.17, 15) is 10.2 Å². The first-order valence-corrected chi connectivity index (χ1v) is 12.0. The van der Waals surface area contributed by atoms with E-state index < -0.39 is 0 Å². The van der Waals surface area contributed by atoms with E-state index in [0.717, 1.165) is 17.9 Å². The van der Waals surface area contributed by atoms with Gasteiger partial charge in [0.2, 0.25) is 0 Å². The Morgan fingerprint density at radius 2 is 1.03 bits per heavy atom. The van der Waals surface area contributed by atoms with Gasteiger partial charge < -0.3 is 19.7 Å². The third-order valence-electron chi connectivity index (χ3n) is 8.21. The van der Waals surface area contributed by atoms with Crippen LogP contribution in [0.25, 0.3) is 0 Å². The minimum atomic E-state index is 0.0241. The van der Waals surface area contributed by atoms with Crippen molar-refractivity contribution < 1.29 is 19.7 Å². The SMILES string of the molecule is CC12CC3(C)CC(c4ccccc4OCCO)(C1)CC(c1ccccc1OCCO)(C2)C3. The van der Waals surface area contributed by atoms with Gasteiger partial charge in [-0.05, 0) is 61.5 Å². The minimum Gasteiger partial charge on any atom is -0.491 e. The summed E-state index contributed by atoms with van der Waals surface area (Å²) in [6.07, 6.45) is 7.06. The molecule has 0 aliphatic heterocycles. The first kappa shape index (κ1) is 21.8. The molecule has 4 nitrogen and oxygen atoms in total. The zero-order chi connectivity index (χ0) is 22.5. The second-order valence-corrected chi connectivity index (χ2v) is 11.4. The summed E-state index contributed by atoms with van der Waals surface area (Å²) in [6.45, 7) is 5.67. The summed E-state index contributed by atoms with van der Waals surface area (Å²) in [6, 6.07) is 17.0. The number of benzene rings is 2. The third kappa shape index (κ3) is 3.52. The molecule has 4 aliphatic rings. The van der Waals surface area contributed by atoms with E-state index in [1.165, 1.54) is 43.2 Å². The largest absolute Gasteiger partial charge is 0.491 e. The lowest BCUT2D eigenvalue weighted by molar-refractivity contribution is -0.127. The first-order chi connectivity index (χ1) is 15.4. The van der Waals surface area contributed by atoms with Gasteiger partial charge in [0.15, 0.2) is 0 Å². The number of rotatable bonds is 8. The van der Waals surface area contributed by atoms with Crippen LogP contribution in [0.15, 0.2) is 48.5 Å². The molecular formula is C28H36O4. The quantitative estimate of drug-likeness (QED) is 0.611. The van der Waals surface area contributed by atoms with Crippen molar-refractivity contribution >= 4 is 0 Å². The maximum atomic E-state index is 9.37. The Balaban J connectivity index is 1.64. The van der Waals surface area contributed by atoms with Gasteiger partial charge >= 0.3 is 0 Å². The Morgan fingerprint density at radius 3 is 1.44 bits per heavy atom. The van der Waals surface area contributed by atoms with Crippen LogP contribution >= 0.6 is 0 Å². The van der Waals surface area contributed by atoms with E-state index in [0.29, 0.717) is 13.2 Å². The fourth-order valence-electron chi connectivity index (χ4n) is 8.64. The molecule has 32 heavy (non-hydrogen) atoms. The van der Waals surface area contributed by atoms with E-state index in [1.54, 1.807) is 0 Å². The molecule has 2 N–H and O–H groups in total. The molecular weight excluding hydrogens is 400 g/mol. The summed E-state index contributed by atoms with van der Waals surface area (Å²) in [5.41, 5.74) is 3.24. The van der Waals surface area contributed by atoms with Crippen LogP contribution in [-0.4, -0.2) is 36.6 Å². The Hall–Kier alpha value is -2.04. The van der Waals surface area contributed by atoms with Crippen LogP contribution in [0, 0.1) is 10.8 Å². The van der Waals surface area contributed by atoms with Crippen LogP contribution in [0.5, 0.6) is 11.5 Å². The van der Waals surface area contributed by atoms with Crippen molar-refractivity contribution in [1.82, 2.24) is 0 Å². The highest BCUT2D eigenvalue weighted by Gasteiger charge is 2.67. The summed E-state index contributed by atoms with van der Waals surface area (Å²) < 4.78 is 12.1. The zero-order valence-corrected chi connectivity index (χ0v) is 19.4. The number of aliphatic hydroxyl groups is 2. The molecule has 4 fully saturated rings. The summed E-state index contributed by atoms with van der Waals surface area (Å²) >= 11 is 0. The molecule has 0 aromatic heterocycles. The van der Waals surface area contributed by atoms with Gasteiger partial charge in [-0.1, -0.05) is 50.2 Å². The average Bonchev–Trinajstić information content (AvgIpc) is 2.74. The molecule has 4 aliphatic carbocycles. The van der Waals surface area contributed by atoms with Crippen LogP contribution < -0.4 is 9.47 Å². The Kier molecular flexibility index (Phi) is 5.29. The van der Waals surface area contributed by atoms with Crippen LogP contribution in [0.4, 0.5) is 0 Å². The molecule has 0 saturated heterocycles. The highest BCUT2D eigenvalue weighted by Crippen LogP contribution is 2.75. The topological polar surface area (TPSA) is 58.9 Å². The second kappa shape index (κ2) is 7.78. The lowest BCUT2D eigenvalue weighted by Crippen LogP contribution is -2.62. The molecule has 6 rings (SSSR count). The maximum absolute atomic E-state index is 9.37. The van der Waals surface area contributed by atoms with E-state index in [4.69, 9.17) is 9.47 Å². The summed E-state index contributed by atoms with van der Waals surface area (Å²) in [7, 11) is 0. The molecule has 2 aromatic carbocycles. The number of para-hydroxylation sites is 2. The highest BCUT2D eigenvalue weighted by atomic mass is 16.5. The molecule has 172 valence electrons. The number of hydrogen-bond acceptors (Lipinski definition) is 4. The lowest BCUT2D eigenvalue weighted by atomic mass is 9.34. The molecule has 4 bridgehead atoms. The molecule has 0 unspecified atom stereocenters. The van der Waals surface area contributed by atoms with Crippen LogP contribution in [-0.2, 0) is 10.8 Å². The summed E-state index contributed by atoms with van der Waals surface area (Å²) in [4.78, 5) is 0. The van der Waals surface area contributed by atoms with E-state index in [-0.39, 0.29) is 34.9 Å². The van der Waals surface area contributed by atoms with Crippen LogP contribution in [0.1, 0.15) is 63.5 Å². The molecule has 4 heteroatoms. The van der Waals surface area contributed by atoms with Crippen molar-refractivity contribution in [2.45, 2.75) is 63.2 Å². The molecule has 0 atom stereocenters. The van der Waals surface area contributed by atoms with Crippen molar-refractivity contribution in [3.05, 3.63) is 59.7 Å². The number of aliphatic hydroxyl groups excluding tert-OH is 2. The van der Waals surface area contributed by atoms with Crippen LogP contribution in [0.2, 0.25) is 0 Å². The van der Waals surface area contributed by atoms with Gasteiger partial charge in [0.1, 0.15) is 24.7 Å². The Bertz CT molecular complexity index is 891. The monoisotopic (exact) mass is 436 g/mol. The van der Waals surface area contributed by atoms with E-state index in [1.807, 2.05) is 12.1 Å². The van der Waals surface area contributed by atoms with Gasteiger partial charge in [-0.15, -0.1) is 0 Å². The molecule has 0 heterocycles. The predicted molar refractivity (Wildman–Crippen MR) is 125 cm³/mol. The van der Waals surface area contributed by atoms with Crippen molar-refractivity contribution in [3.63, 3.8) is 0 Å². The van der Waals surface area contributed by atoms with Crippen molar-refractivity contribution in [1.29, 1.82) is 0 Å². The fraction of sp³-hybridized carbons (Fsp3) is 0.571. The number of ether oxygens (including phenoxy) is 2. The molecule has 0 amide bonds. The van der Waals surface area contributed by atoms with Gasteiger partial charge in [0, 0.05) is 22.0 Å². The van der Waals surface area contributed by atoms with Crippen molar-refractivity contribution in [2.75, 3.05) is 26.4 Å². The molecule has 0 radical (unpaired) electrons. The molecule has 4 saturated carbocycles.